The molecule has 0 aromatic carbocycles. The molecular formula is C16H20N4. The van der Waals surface area contributed by atoms with Crippen molar-refractivity contribution in [1.29, 1.82) is 0 Å². The van der Waals surface area contributed by atoms with Crippen molar-refractivity contribution in [2.75, 3.05) is 0 Å². The largest absolute Gasteiger partial charge is 0.360 e. The van der Waals surface area contributed by atoms with Crippen LogP contribution < -0.4 is 0 Å². The van der Waals surface area contributed by atoms with Gasteiger partial charge in [-0.15, -0.1) is 0 Å². The first kappa shape index (κ1) is 12.9. The zero-order chi connectivity index (χ0) is 13.6. The zero-order valence-electron chi connectivity index (χ0n) is 11.5. The van der Waals surface area contributed by atoms with Gasteiger partial charge in [0, 0.05) is 24.8 Å². The maximum absolute atomic E-state index is 4.73. The average Bonchev–Trinajstić information content (AvgIpc) is 3.17. The Morgan fingerprint density at radius 2 is 1.35 bits per heavy atom. The predicted octanol–water partition coefficient (Wildman–Crippen LogP) is 3.19. The van der Waals surface area contributed by atoms with Gasteiger partial charge < -0.3 is 9.97 Å². The van der Waals surface area contributed by atoms with Gasteiger partial charge in [0.15, 0.2) is 0 Å². The Morgan fingerprint density at radius 3 is 1.75 bits per heavy atom. The van der Waals surface area contributed by atoms with E-state index >= 15 is 0 Å². The molecule has 0 saturated heterocycles. The summed E-state index contributed by atoms with van der Waals surface area (Å²) in [5, 5.41) is 0. The standard InChI is InChI=1S/C16H20N4/c1-2-8-16(20-12-14-6-4-10-18-14)15(7-1)19-11-13-5-3-9-17-13/h3-6,9-12,15-18H,1-2,7-8H2/t15-,16+. The van der Waals surface area contributed by atoms with E-state index in [9.17, 15) is 0 Å². The number of aromatic amines is 2. The minimum absolute atomic E-state index is 0.304. The first-order chi connectivity index (χ1) is 9.92. The zero-order valence-corrected chi connectivity index (χ0v) is 11.5. The van der Waals surface area contributed by atoms with Crippen LogP contribution in [0.3, 0.4) is 0 Å². The molecule has 1 aliphatic carbocycles. The topological polar surface area (TPSA) is 56.3 Å². The molecule has 0 amide bonds. The highest BCUT2D eigenvalue weighted by Gasteiger charge is 2.23. The van der Waals surface area contributed by atoms with Crippen LogP contribution in [0.2, 0.25) is 0 Å². The van der Waals surface area contributed by atoms with E-state index in [1.807, 2.05) is 49.1 Å². The van der Waals surface area contributed by atoms with Gasteiger partial charge in [0.2, 0.25) is 0 Å². The van der Waals surface area contributed by atoms with Crippen molar-refractivity contribution < 1.29 is 0 Å². The SMILES string of the molecule is C(=N[C@H]1CCCC[C@H]1N=Cc1ccc[nH]1)c1ccc[nH]1. The van der Waals surface area contributed by atoms with Crippen LogP contribution in [0.15, 0.2) is 46.6 Å². The number of rotatable bonds is 4. The molecule has 0 spiro atoms. The summed E-state index contributed by atoms with van der Waals surface area (Å²) in [6, 6.07) is 8.65. The Morgan fingerprint density at radius 1 is 0.850 bits per heavy atom. The maximum Gasteiger partial charge on any atom is 0.0723 e. The fraction of sp³-hybridized carbons (Fsp3) is 0.375. The second-order valence-corrected chi connectivity index (χ2v) is 5.23. The third-order valence-electron chi connectivity index (χ3n) is 3.75. The number of aromatic nitrogens is 2. The molecule has 20 heavy (non-hydrogen) atoms. The van der Waals surface area contributed by atoms with Gasteiger partial charge in [-0.05, 0) is 37.1 Å². The number of nitrogens with one attached hydrogen (secondary N) is 2. The molecule has 2 heterocycles. The fourth-order valence-electron chi connectivity index (χ4n) is 2.64. The summed E-state index contributed by atoms with van der Waals surface area (Å²) in [5.41, 5.74) is 2.12. The van der Waals surface area contributed by atoms with Gasteiger partial charge >= 0.3 is 0 Å². The second kappa shape index (κ2) is 6.37. The molecule has 2 aromatic rings. The van der Waals surface area contributed by atoms with E-state index in [0.717, 1.165) is 24.2 Å². The molecule has 4 heteroatoms. The molecule has 4 nitrogen and oxygen atoms in total. The van der Waals surface area contributed by atoms with Crippen molar-refractivity contribution in [2.24, 2.45) is 9.98 Å². The Bertz CT molecular complexity index is 499. The van der Waals surface area contributed by atoms with Gasteiger partial charge in [-0.3, -0.25) is 9.98 Å². The molecule has 2 atom stereocenters. The van der Waals surface area contributed by atoms with Crippen LogP contribution >= 0.6 is 0 Å². The Labute approximate surface area is 119 Å². The lowest BCUT2D eigenvalue weighted by Gasteiger charge is -2.25. The average molecular weight is 268 g/mol. The van der Waals surface area contributed by atoms with Crippen LogP contribution in [0.1, 0.15) is 37.1 Å². The van der Waals surface area contributed by atoms with E-state index in [2.05, 4.69) is 9.97 Å². The highest BCUT2D eigenvalue weighted by molar-refractivity contribution is 5.78. The van der Waals surface area contributed by atoms with E-state index in [-0.39, 0.29) is 0 Å². The molecular weight excluding hydrogens is 248 g/mol. The number of hydrogen-bond donors (Lipinski definition) is 2. The van der Waals surface area contributed by atoms with Crippen LogP contribution in [0.5, 0.6) is 0 Å². The van der Waals surface area contributed by atoms with Crippen molar-refractivity contribution in [2.45, 2.75) is 37.8 Å². The third-order valence-corrected chi connectivity index (χ3v) is 3.75. The quantitative estimate of drug-likeness (QED) is 0.800. The molecule has 0 aliphatic heterocycles. The highest BCUT2D eigenvalue weighted by Crippen LogP contribution is 2.23. The smallest absolute Gasteiger partial charge is 0.0723 e. The van der Waals surface area contributed by atoms with Gasteiger partial charge in [0.1, 0.15) is 0 Å². The molecule has 2 N–H and O–H groups in total. The van der Waals surface area contributed by atoms with Crippen molar-refractivity contribution in [3.05, 3.63) is 48.0 Å². The molecule has 104 valence electrons. The molecule has 1 aliphatic rings. The predicted molar refractivity (Wildman–Crippen MR) is 82.8 cm³/mol. The number of aliphatic imine (C=N–C) groups is 2. The van der Waals surface area contributed by atoms with E-state index in [0.29, 0.717) is 12.1 Å². The summed E-state index contributed by atoms with van der Waals surface area (Å²) in [7, 11) is 0. The van der Waals surface area contributed by atoms with Crippen LogP contribution in [0, 0.1) is 0 Å². The first-order valence-electron chi connectivity index (χ1n) is 7.25. The lowest BCUT2D eigenvalue weighted by molar-refractivity contribution is 0.390. The monoisotopic (exact) mass is 268 g/mol. The van der Waals surface area contributed by atoms with Gasteiger partial charge in [0.05, 0.1) is 23.5 Å². The van der Waals surface area contributed by atoms with Crippen molar-refractivity contribution in [3.8, 4) is 0 Å². The Kier molecular flexibility index (Phi) is 4.11. The molecule has 0 unspecified atom stereocenters. The van der Waals surface area contributed by atoms with E-state index in [1.54, 1.807) is 0 Å². The highest BCUT2D eigenvalue weighted by atomic mass is 14.9. The summed E-state index contributed by atoms with van der Waals surface area (Å²) in [4.78, 5) is 15.8. The summed E-state index contributed by atoms with van der Waals surface area (Å²) < 4.78 is 0. The fourth-order valence-corrected chi connectivity index (χ4v) is 2.64. The summed E-state index contributed by atoms with van der Waals surface area (Å²) in [5.74, 6) is 0. The Balaban J connectivity index is 1.67. The number of nitrogens with zero attached hydrogens (tertiary/aromatic N) is 2. The van der Waals surface area contributed by atoms with Crippen LogP contribution in [0.25, 0.3) is 0 Å². The van der Waals surface area contributed by atoms with Crippen LogP contribution in [-0.2, 0) is 0 Å². The number of hydrogen-bond acceptors (Lipinski definition) is 2. The molecule has 2 aromatic heterocycles. The van der Waals surface area contributed by atoms with Crippen molar-refractivity contribution >= 4 is 12.4 Å². The maximum atomic E-state index is 4.73. The summed E-state index contributed by atoms with van der Waals surface area (Å²) in [6.07, 6.45) is 12.5. The van der Waals surface area contributed by atoms with E-state index < -0.39 is 0 Å². The van der Waals surface area contributed by atoms with Gasteiger partial charge in [-0.1, -0.05) is 12.8 Å². The van der Waals surface area contributed by atoms with Crippen LogP contribution in [0.4, 0.5) is 0 Å². The first-order valence-corrected chi connectivity index (χ1v) is 7.25. The third kappa shape index (κ3) is 3.26. The van der Waals surface area contributed by atoms with E-state index in [4.69, 9.17) is 9.98 Å². The lowest BCUT2D eigenvalue weighted by Crippen LogP contribution is -2.27. The van der Waals surface area contributed by atoms with Crippen molar-refractivity contribution in [3.63, 3.8) is 0 Å². The summed E-state index contributed by atoms with van der Waals surface area (Å²) in [6.45, 7) is 0. The molecule has 0 bridgehead atoms. The van der Waals surface area contributed by atoms with Gasteiger partial charge in [0.25, 0.3) is 0 Å². The minimum atomic E-state index is 0.304. The Hall–Kier alpha value is -2.10. The molecule has 1 saturated carbocycles. The molecule has 1 fully saturated rings. The van der Waals surface area contributed by atoms with Gasteiger partial charge in [-0.2, -0.15) is 0 Å². The van der Waals surface area contributed by atoms with Crippen LogP contribution in [-0.4, -0.2) is 34.5 Å². The number of H-pyrrole nitrogens is 2. The van der Waals surface area contributed by atoms with Gasteiger partial charge in [-0.25, -0.2) is 0 Å². The normalized spacial score (nSPS) is 23.8. The van der Waals surface area contributed by atoms with E-state index in [1.165, 1.54) is 12.8 Å². The molecule has 3 rings (SSSR count). The summed E-state index contributed by atoms with van der Waals surface area (Å²) >= 11 is 0. The minimum Gasteiger partial charge on any atom is -0.360 e. The molecule has 0 radical (unpaired) electrons. The second-order valence-electron chi connectivity index (χ2n) is 5.23. The lowest BCUT2D eigenvalue weighted by atomic mass is 9.91. The van der Waals surface area contributed by atoms with Crippen molar-refractivity contribution in [1.82, 2.24) is 9.97 Å².